The number of pyridine rings is 1. The monoisotopic (exact) mass is 436 g/mol. The van der Waals surface area contributed by atoms with Gasteiger partial charge in [-0.05, 0) is 45.0 Å². The van der Waals surface area contributed by atoms with Crippen molar-refractivity contribution in [3.8, 4) is 17.1 Å². The van der Waals surface area contributed by atoms with Gasteiger partial charge in [-0.25, -0.2) is 4.98 Å². The van der Waals surface area contributed by atoms with E-state index in [9.17, 15) is 4.79 Å². The third-order valence-corrected chi connectivity index (χ3v) is 6.51. The topological polar surface area (TPSA) is 85.6 Å². The Kier molecular flexibility index (Phi) is 5.91. The molecule has 152 valence electrons. The van der Waals surface area contributed by atoms with E-state index in [0.29, 0.717) is 16.1 Å². The number of aryl methyl sites for hydroxylation is 2. The van der Waals surface area contributed by atoms with Crippen LogP contribution in [0.5, 0.6) is 0 Å². The summed E-state index contributed by atoms with van der Waals surface area (Å²) in [6.07, 6.45) is 3.47. The SMILES string of the molecule is Cc1nc(NC(=O)[C@H](C)Sc2nnc(-c3cccnc3)n2-c2ccccc2)sc1C. The minimum absolute atomic E-state index is 0.126. The Labute approximate surface area is 182 Å². The maximum atomic E-state index is 12.7. The van der Waals surface area contributed by atoms with Crippen LogP contribution in [0.4, 0.5) is 5.13 Å². The van der Waals surface area contributed by atoms with Crippen molar-refractivity contribution in [1.82, 2.24) is 24.7 Å². The molecular formula is C21H20N6OS2. The number of carbonyl (C=O) groups is 1. The Morgan fingerprint density at radius 2 is 1.93 bits per heavy atom. The van der Waals surface area contributed by atoms with Crippen LogP contribution in [0.1, 0.15) is 17.5 Å². The molecule has 7 nitrogen and oxygen atoms in total. The maximum absolute atomic E-state index is 12.7. The van der Waals surface area contributed by atoms with E-state index in [1.807, 2.05) is 67.8 Å². The second-order valence-corrected chi connectivity index (χ2v) is 9.14. The zero-order chi connectivity index (χ0) is 21.1. The number of thioether (sulfide) groups is 1. The Bertz CT molecular complexity index is 1140. The molecule has 0 aliphatic heterocycles. The quantitative estimate of drug-likeness (QED) is 0.447. The predicted octanol–water partition coefficient (Wildman–Crippen LogP) is 4.52. The number of rotatable bonds is 6. The van der Waals surface area contributed by atoms with Gasteiger partial charge in [0.25, 0.3) is 0 Å². The van der Waals surface area contributed by atoms with Crippen LogP contribution in [0, 0.1) is 13.8 Å². The van der Waals surface area contributed by atoms with Crippen molar-refractivity contribution < 1.29 is 4.79 Å². The van der Waals surface area contributed by atoms with E-state index in [1.165, 1.54) is 23.1 Å². The van der Waals surface area contributed by atoms with E-state index in [0.717, 1.165) is 21.8 Å². The first-order valence-corrected chi connectivity index (χ1v) is 11.1. The number of hydrogen-bond donors (Lipinski definition) is 1. The number of thiazole rings is 1. The van der Waals surface area contributed by atoms with Crippen molar-refractivity contribution in [3.63, 3.8) is 0 Å². The van der Waals surface area contributed by atoms with Crippen LogP contribution >= 0.6 is 23.1 Å². The number of hydrogen-bond acceptors (Lipinski definition) is 7. The highest BCUT2D eigenvalue weighted by Gasteiger charge is 2.22. The van der Waals surface area contributed by atoms with E-state index in [1.54, 1.807) is 12.4 Å². The molecule has 4 rings (SSSR count). The lowest BCUT2D eigenvalue weighted by molar-refractivity contribution is -0.115. The lowest BCUT2D eigenvalue weighted by Crippen LogP contribution is -2.22. The molecule has 3 heterocycles. The summed E-state index contributed by atoms with van der Waals surface area (Å²) in [5.74, 6) is 0.551. The Balaban J connectivity index is 1.62. The highest BCUT2D eigenvalue weighted by molar-refractivity contribution is 8.00. The summed E-state index contributed by atoms with van der Waals surface area (Å²) < 4.78 is 1.95. The van der Waals surface area contributed by atoms with Gasteiger partial charge in [-0.1, -0.05) is 30.0 Å². The molecule has 0 aliphatic rings. The Morgan fingerprint density at radius 3 is 2.60 bits per heavy atom. The van der Waals surface area contributed by atoms with Gasteiger partial charge in [-0.15, -0.1) is 21.5 Å². The molecule has 0 saturated carbocycles. The molecule has 1 aromatic carbocycles. The molecular weight excluding hydrogens is 416 g/mol. The van der Waals surface area contributed by atoms with Gasteiger partial charge in [-0.3, -0.25) is 14.3 Å². The molecule has 3 aromatic heterocycles. The van der Waals surface area contributed by atoms with E-state index in [2.05, 4.69) is 25.5 Å². The van der Waals surface area contributed by atoms with E-state index in [-0.39, 0.29) is 11.2 Å². The molecule has 4 aromatic rings. The first kappa shape index (κ1) is 20.2. The van der Waals surface area contributed by atoms with Gasteiger partial charge < -0.3 is 5.32 Å². The second kappa shape index (κ2) is 8.76. The normalized spacial score (nSPS) is 12.0. The summed E-state index contributed by atoms with van der Waals surface area (Å²) in [6.45, 7) is 5.77. The Morgan fingerprint density at radius 1 is 1.13 bits per heavy atom. The number of anilines is 1. The van der Waals surface area contributed by atoms with Crippen LogP contribution in [-0.2, 0) is 4.79 Å². The van der Waals surface area contributed by atoms with Crippen molar-refractivity contribution in [2.75, 3.05) is 5.32 Å². The van der Waals surface area contributed by atoms with Gasteiger partial charge in [0.1, 0.15) is 0 Å². The smallest absolute Gasteiger partial charge is 0.239 e. The molecule has 0 spiro atoms. The number of benzene rings is 1. The zero-order valence-corrected chi connectivity index (χ0v) is 18.4. The molecule has 0 bridgehead atoms. The number of nitrogens with one attached hydrogen (secondary N) is 1. The van der Waals surface area contributed by atoms with Crippen molar-refractivity contribution >= 4 is 34.1 Å². The highest BCUT2D eigenvalue weighted by Crippen LogP contribution is 2.30. The van der Waals surface area contributed by atoms with Crippen molar-refractivity contribution in [3.05, 3.63) is 65.4 Å². The lowest BCUT2D eigenvalue weighted by Gasteiger charge is -2.13. The van der Waals surface area contributed by atoms with E-state index < -0.39 is 0 Å². The van der Waals surface area contributed by atoms with Crippen LogP contribution < -0.4 is 5.32 Å². The fraction of sp³-hybridized carbons (Fsp3) is 0.190. The molecule has 9 heteroatoms. The third-order valence-electron chi connectivity index (χ3n) is 4.48. The number of nitrogens with zero attached hydrogens (tertiary/aromatic N) is 5. The zero-order valence-electron chi connectivity index (χ0n) is 16.7. The average molecular weight is 437 g/mol. The van der Waals surface area contributed by atoms with E-state index >= 15 is 0 Å². The molecule has 0 radical (unpaired) electrons. The molecule has 1 amide bonds. The first-order chi connectivity index (χ1) is 14.5. The average Bonchev–Trinajstić information content (AvgIpc) is 3.31. The largest absolute Gasteiger partial charge is 0.301 e. The summed E-state index contributed by atoms with van der Waals surface area (Å²) in [5.41, 5.74) is 2.70. The van der Waals surface area contributed by atoms with Crippen molar-refractivity contribution in [2.24, 2.45) is 0 Å². The van der Waals surface area contributed by atoms with Crippen LogP contribution in [0.2, 0.25) is 0 Å². The summed E-state index contributed by atoms with van der Waals surface area (Å²) in [5, 5.41) is 12.5. The second-order valence-electron chi connectivity index (χ2n) is 6.63. The number of amides is 1. The maximum Gasteiger partial charge on any atom is 0.239 e. The number of para-hydroxylation sites is 1. The van der Waals surface area contributed by atoms with Crippen LogP contribution in [0.25, 0.3) is 17.1 Å². The predicted molar refractivity (Wildman–Crippen MR) is 120 cm³/mol. The molecule has 0 aliphatic carbocycles. The van der Waals surface area contributed by atoms with Gasteiger partial charge >= 0.3 is 0 Å². The summed E-state index contributed by atoms with van der Waals surface area (Å²) >= 11 is 2.83. The van der Waals surface area contributed by atoms with Crippen LogP contribution in [0.15, 0.2) is 60.0 Å². The lowest BCUT2D eigenvalue weighted by atomic mass is 10.2. The highest BCUT2D eigenvalue weighted by atomic mass is 32.2. The molecule has 0 unspecified atom stereocenters. The summed E-state index contributed by atoms with van der Waals surface area (Å²) in [6, 6.07) is 13.6. The molecule has 30 heavy (non-hydrogen) atoms. The van der Waals surface area contributed by atoms with Crippen LogP contribution in [0.3, 0.4) is 0 Å². The molecule has 1 atom stereocenters. The van der Waals surface area contributed by atoms with Gasteiger partial charge in [0, 0.05) is 28.5 Å². The minimum atomic E-state index is -0.386. The minimum Gasteiger partial charge on any atom is -0.301 e. The fourth-order valence-corrected chi connectivity index (χ4v) is 4.47. The van der Waals surface area contributed by atoms with Crippen molar-refractivity contribution in [2.45, 2.75) is 31.2 Å². The van der Waals surface area contributed by atoms with Gasteiger partial charge in [-0.2, -0.15) is 0 Å². The molecule has 0 fully saturated rings. The van der Waals surface area contributed by atoms with Crippen LogP contribution in [-0.4, -0.2) is 35.9 Å². The van der Waals surface area contributed by atoms with Gasteiger partial charge in [0.05, 0.1) is 10.9 Å². The third kappa shape index (κ3) is 4.27. The van der Waals surface area contributed by atoms with Gasteiger partial charge in [0.15, 0.2) is 16.1 Å². The number of carbonyl (C=O) groups excluding carboxylic acids is 1. The summed E-state index contributed by atoms with van der Waals surface area (Å²) in [4.78, 5) is 22.4. The number of aromatic nitrogens is 5. The van der Waals surface area contributed by atoms with Crippen molar-refractivity contribution in [1.29, 1.82) is 0 Å². The van der Waals surface area contributed by atoms with E-state index in [4.69, 9.17) is 0 Å². The molecule has 1 N–H and O–H groups in total. The summed E-state index contributed by atoms with van der Waals surface area (Å²) in [7, 11) is 0. The van der Waals surface area contributed by atoms with Gasteiger partial charge in [0.2, 0.25) is 5.91 Å². The Hall–Kier alpha value is -3.04. The fourth-order valence-electron chi connectivity index (χ4n) is 2.78. The standard InChI is InChI=1S/C21H20N6OS2/c1-13-14(2)29-20(23-13)24-19(28)15(3)30-21-26-25-18(16-8-7-11-22-12-16)27(21)17-9-5-4-6-10-17/h4-12,15H,1-3H3,(H,23,24,28)/t15-/m0/s1. The first-order valence-electron chi connectivity index (χ1n) is 9.35. The molecule has 0 saturated heterocycles.